The zero-order valence-corrected chi connectivity index (χ0v) is 18.3. The third kappa shape index (κ3) is 2.91. The van der Waals surface area contributed by atoms with Crippen LogP contribution in [0.3, 0.4) is 0 Å². The first-order valence-electron chi connectivity index (χ1n) is 11.8. The lowest BCUT2D eigenvalue weighted by Crippen LogP contribution is -2.61. The summed E-state index contributed by atoms with van der Waals surface area (Å²) in [7, 11) is 2.06. The van der Waals surface area contributed by atoms with Crippen molar-refractivity contribution in [1.29, 1.82) is 0 Å². The average molecular weight is 393 g/mol. The van der Waals surface area contributed by atoms with E-state index in [1.165, 1.54) is 44.1 Å². The SMILES string of the molecule is CN1C(=O)CC[C@]2(C)[C@H]3CC[C@]4(C)[C@@H](/C=C/c5cccnc5)CC[C@H]4[C@@H]3CC[C@@H]12. The van der Waals surface area contributed by atoms with Crippen LogP contribution in [0.1, 0.15) is 70.8 Å². The third-order valence-corrected chi connectivity index (χ3v) is 9.84. The van der Waals surface area contributed by atoms with Gasteiger partial charge in [0.2, 0.25) is 5.91 Å². The molecule has 29 heavy (non-hydrogen) atoms. The van der Waals surface area contributed by atoms with E-state index in [0.717, 1.165) is 30.6 Å². The molecule has 0 radical (unpaired) electrons. The first-order valence-corrected chi connectivity index (χ1v) is 11.8. The summed E-state index contributed by atoms with van der Waals surface area (Å²) in [5.41, 5.74) is 1.99. The maximum atomic E-state index is 12.3. The molecule has 0 bridgehead atoms. The van der Waals surface area contributed by atoms with E-state index in [1.54, 1.807) is 0 Å². The number of amides is 1. The summed E-state index contributed by atoms with van der Waals surface area (Å²) in [6, 6.07) is 4.64. The minimum absolute atomic E-state index is 0.330. The molecule has 1 amide bonds. The first kappa shape index (κ1) is 19.3. The van der Waals surface area contributed by atoms with Gasteiger partial charge in [0.15, 0.2) is 0 Å². The second-order valence-electron chi connectivity index (χ2n) is 10.9. The van der Waals surface area contributed by atoms with Gasteiger partial charge in [0.1, 0.15) is 0 Å². The molecule has 2 heterocycles. The maximum absolute atomic E-state index is 12.3. The summed E-state index contributed by atoms with van der Waals surface area (Å²) in [5.74, 6) is 3.57. The smallest absolute Gasteiger partial charge is 0.222 e. The highest BCUT2D eigenvalue weighted by Gasteiger charge is 2.60. The van der Waals surface area contributed by atoms with E-state index < -0.39 is 0 Å². The lowest BCUT2D eigenvalue weighted by Gasteiger charge is -2.61. The molecule has 3 heteroatoms. The molecule has 1 aromatic rings. The molecule has 7 atom stereocenters. The molecule has 4 aliphatic rings. The molecule has 3 nitrogen and oxygen atoms in total. The van der Waals surface area contributed by atoms with E-state index in [-0.39, 0.29) is 0 Å². The second kappa shape index (κ2) is 6.96. The van der Waals surface area contributed by atoms with Gasteiger partial charge < -0.3 is 4.90 Å². The Balaban J connectivity index is 1.38. The minimum Gasteiger partial charge on any atom is -0.342 e. The van der Waals surface area contributed by atoms with Crippen molar-refractivity contribution in [2.24, 2.45) is 34.5 Å². The van der Waals surface area contributed by atoms with Gasteiger partial charge in [0.25, 0.3) is 0 Å². The number of hydrogen-bond donors (Lipinski definition) is 0. The molecule has 4 fully saturated rings. The molecule has 0 unspecified atom stereocenters. The second-order valence-corrected chi connectivity index (χ2v) is 10.9. The van der Waals surface area contributed by atoms with Crippen LogP contribution in [0.4, 0.5) is 0 Å². The number of hydrogen-bond acceptors (Lipinski definition) is 2. The van der Waals surface area contributed by atoms with Gasteiger partial charge in [-0.25, -0.2) is 0 Å². The van der Waals surface area contributed by atoms with Gasteiger partial charge in [-0.1, -0.05) is 32.1 Å². The lowest BCUT2D eigenvalue weighted by molar-refractivity contribution is -0.157. The largest absolute Gasteiger partial charge is 0.342 e. The van der Waals surface area contributed by atoms with Crippen LogP contribution < -0.4 is 0 Å². The Morgan fingerprint density at radius 3 is 2.69 bits per heavy atom. The van der Waals surface area contributed by atoms with Gasteiger partial charge in [-0.3, -0.25) is 9.78 Å². The van der Waals surface area contributed by atoms with Crippen LogP contribution in [0, 0.1) is 34.5 Å². The van der Waals surface area contributed by atoms with Crippen LogP contribution in [0.5, 0.6) is 0 Å². The monoisotopic (exact) mass is 392 g/mol. The van der Waals surface area contributed by atoms with Crippen molar-refractivity contribution in [3.05, 3.63) is 36.2 Å². The summed E-state index contributed by atoms with van der Waals surface area (Å²) in [6.45, 7) is 5.11. The normalized spacial score (nSPS) is 44.4. The van der Waals surface area contributed by atoms with Crippen molar-refractivity contribution in [3.8, 4) is 0 Å². The Kier molecular flexibility index (Phi) is 4.64. The number of nitrogens with zero attached hydrogens (tertiary/aromatic N) is 2. The first-order chi connectivity index (χ1) is 13.9. The number of fused-ring (bicyclic) bond motifs is 5. The van der Waals surface area contributed by atoms with E-state index in [1.807, 2.05) is 18.5 Å². The predicted molar refractivity (Wildman–Crippen MR) is 117 cm³/mol. The molecular formula is C26H36N2O. The van der Waals surface area contributed by atoms with E-state index in [0.29, 0.717) is 28.7 Å². The Labute approximate surface area is 176 Å². The van der Waals surface area contributed by atoms with Gasteiger partial charge in [-0.2, -0.15) is 0 Å². The molecule has 0 aromatic carbocycles. The number of rotatable bonds is 2. The maximum Gasteiger partial charge on any atom is 0.222 e. The van der Waals surface area contributed by atoms with Crippen LogP contribution >= 0.6 is 0 Å². The Morgan fingerprint density at radius 2 is 1.90 bits per heavy atom. The van der Waals surface area contributed by atoms with E-state index in [4.69, 9.17) is 0 Å². The van der Waals surface area contributed by atoms with E-state index in [9.17, 15) is 4.79 Å². The van der Waals surface area contributed by atoms with Crippen molar-refractivity contribution in [1.82, 2.24) is 9.88 Å². The summed E-state index contributed by atoms with van der Waals surface area (Å²) in [5, 5.41) is 0. The van der Waals surface area contributed by atoms with Crippen LogP contribution in [-0.2, 0) is 4.79 Å². The van der Waals surface area contributed by atoms with Crippen molar-refractivity contribution < 1.29 is 4.79 Å². The molecule has 3 aliphatic carbocycles. The lowest BCUT2D eigenvalue weighted by atomic mass is 9.47. The average Bonchev–Trinajstić information content (AvgIpc) is 3.07. The molecular weight excluding hydrogens is 356 g/mol. The number of carbonyl (C=O) groups excluding carboxylic acids is 1. The molecule has 156 valence electrons. The quantitative estimate of drug-likeness (QED) is 0.659. The van der Waals surface area contributed by atoms with Crippen molar-refractivity contribution in [2.75, 3.05) is 7.05 Å². The molecule has 0 N–H and O–H groups in total. The van der Waals surface area contributed by atoms with Crippen LogP contribution in [0.25, 0.3) is 6.08 Å². The molecule has 1 aliphatic heterocycles. The topological polar surface area (TPSA) is 33.2 Å². The van der Waals surface area contributed by atoms with Crippen molar-refractivity contribution >= 4 is 12.0 Å². The van der Waals surface area contributed by atoms with Crippen LogP contribution in [0.2, 0.25) is 0 Å². The van der Waals surface area contributed by atoms with Crippen LogP contribution in [-0.4, -0.2) is 28.9 Å². The number of carbonyl (C=O) groups is 1. The number of likely N-dealkylation sites (tertiary alicyclic amines) is 1. The van der Waals surface area contributed by atoms with Crippen LogP contribution in [0.15, 0.2) is 30.6 Å². The van der Waals surface area contributed by atoms with Gasteiger partial charge in [-0.05, 0) is 91.1 Å². The molecule has 1 aromatic heterocycles. The molecule has 3 saturated carbocycles. The zero-order chi connectivity index (χ0) is 20.2. The molecule has 5 rings (SSSR count). The highest BCUT2D eigenvalue weighted by molar-refractivity contribution is 5.77. The van der Waals surface area contributed by atoms with E-state index >= 15 is 0 Å². The van der Waals surface area contributed by atoms with Gasteiger partial charge in [-0.15, -0.1) is 0 Å². The molecule has 0 spiro atoms. The Bertz CT molecular complexity index is 804. The standard InChI is InChI=1S/C26H36N2O/c1-25-14-12-22-20(9-11-23-26(22,2)15-13-24(29)28(23)3)21(25)10-8-19(25)7-6-18-5-4-16-27-17-18/h4-7,16-17,19-23H,8-15H2,1-3H3/b7-6+/t19-,20-,21-,22-,23+,25+,26+/m0/s1. The van der Waals surface area contributed by atoms with Gasteiger partial charge in [0.05, 0.1) is 0 Å². The van der Waals surface area contributed by atoms with Crippen molar-refractivity contribution in [3.63, 3.8) is 0 Å². The number of allylic oxidation sites excluding steroid dienone is 1. The van der Waals surface area contributed by atoms with Crippen molar-refractivity contribution in [2.45, 2.75) is 71.3 Å². The fraction of sp³-hybridized carbons (Fsp3) is 0.692. The highest BCUT2D eigenvalue weighted by atomic mass is 16.2. The molecule has 1 saturated heterocycles. The summed E-state index contributed by atoms with van der Waals surface area (Å²) in [4.78, 5) is 18.7. The third-order valence-electron chi connectivity index (χ3n) is 9.84. The number of pyridine rings is 1. The Hall–Kier alpha value is -1.64. The van der Waals surface area contributed by atoms with Gasteiger partial charge in [0, 0.05) is 31.9 Å². The predicted octanol–water partition coefficient (Wildman–Crippen LogP) is 5.57. The fourth-order valence-electron chi connectivity index (χ4n) is 8.21. The fourth-order valence-corrected chi connectivity index (χ4v) is 8.21. The Morgan fingerprint density at radius 1 is 1.07 bits per heavy atom. The zero-order valence-electron chi connectivity index (χ0n) is 18.3. The number of piperidine rings is 1. The summed E-state index contributed by atoms with van der Waals surface area (Å²) in [6.07, 6.45) is 18.4. The highest BCUT2D eigenvalue weighted by Crippen LogP contribution is 2.66. The van der Waals surface area contributed by atoms with Gasteiger partial charge >= 0.3 is 0 Å². The summed E-state index contributed by atoms with van der Waals surface area (Å²) < 4.78 is 0. The summed E-state index contributed by atoms with van der Waals surface area (Å²) >= 11 is 0. The number of aromatic nitrogens is 1. The minimum atomic E-state index is 0.330. The van der Waals surface area contributed by atoms with E-state index in [2.05, 4.69) is 49.0 Å².